The predicted octanol–water partition coefficient (Wildman–Crippen LogP) is -1.40. The van der Waals surface area contributed by atoms with Crippen molar-refractivity contribution in [2.75, 3.05) is 5.73 Å². The quantitative estimate of drug-likeness (QED) is 0.503. The van der Waals surface area contributed by atoms with Gasteiger partial charge in [-0.3, -0.25) is 10.2 Å². The average molecular weight is 165 g/mol. The Morgan fingerprint density at radius 3 is 2.83 bits per heavy atom. The minimum absolute atomic E-state index is 0.134. The number of hydrogen-bond donors (Lipinski definition) is 2. The van der Waals surface area contributed by atoms with Gasteiger partial charge in [0.25, 0.3) is 5.56 Å². The van der Waals surface area contributed by atoms with Gasteiger partial charge in [0.15, 0.2) is 0 Å². The normalized spacial score (nSPS) is 11.1. The minimum atomic E-state index is -0.276. The molecule has 62 valence electrons. The summed E-state index contributed by atoms with van der Waals surface area (Å²) in [5.41, 5.74) is 5.74. The van der Waals surface area contributed by atoms with Gasteiger partial charge in [-0.05, 0) is 6.92 Å². The molecule has 0 radical (unpaired) electrons. The minimum Gasteiger partial charge on any atom is -0.368 e. The Hall–Kier alpha value is -1.85. The number of nitrogen functional groups attached to an aromatic ring is 1. The van der Waals surface area contributed by atoms with Gasteiger partial charge in [-0.2, -0.15) is 9.50 Å². The van der Waals surface area contributed by atoms with Crippen molar-refractivity contribution in [3.63, 3.8) is 0 Å². The third kappa shape index (κ3) is 0.609. The zero-order chi connectivity index (χ0) is 8.88. The first-order valence-electron chi connectivity index (χ1n) is 3.36. The number of nitrogens with one attached hydrogen (secondary N) is 1. The summed E-state index contributed by atoms with van der Waals surface area (Å²) in [6.07, 6.45) is 0. The number of aromatic nitrogens is 3. The maximum Gasteiger partial charge on any atom is 0.274 e. The van der Waals surface area contributed by atoms with Gasteiger partial charge in [-0.25, -0.2) is 4.52 Å². The third-order valence-corrected chi connectivity index (χ3v) is 1.71. The molecule has 3 N–H and O–H groups in total. The number of aryl methyl sites for hydroxylation is 1. The monoisotopic (exact) mass is 165 g/mol. The summed E-state index contributed by atoms with van der Waals surface area (Å²) >= 11 is 0. The van der Waals surface area contributed by atoms with E-state index in [1.165, 1.54) is 10.6 Å². The van der Waals surface area contributed by atoms with Gasteiger partial charge in [0, 0.05) is 11.8 Å². The Labute approximate surface area is 66.7 Å². The number of nitrogens with zero attached hydrogens (tertiary/aromatic N) is 3. The fourth-order valence-corrected chi connectivity index (χ4v) is 1.24. The highest BCUT2D eigenvalue weighted by atomic mass is 16.1. The van der Waals surface area contributed by atoms with Crippen LogP contribution >= 0.6 is 0 Å². The first kappa shape index (κ1) is 6.84. The number of anilines is 1. The molecular weight excluding hydrogens is 158 g/mol. The van der Waals surface area contributed by atoms with Crippen LogP contribution in [0.3, 0.4) is 0 Å². The van der Waals surface area contributed by atoms with Crippen molar-refractivity contribution in [2.45, 2.75) is 6.92 Å². The van der Waals surface area contributed by atoms with Crippen molar-refractivity contribution < 1.29 is 0 Å². The van der Waals surface area contributed by atoms with Crippen molar-refractivity contribution in [1.29, 1.82) is 5.41 Å². The van der Waals surface area contributed by atoms with Gasteiger partial charge >= 0.3 is 0 Å². The van der Waals surface area contributed by atoms with Crippen LogP contribution in [-0.4, -0.2) is 14.0 Å². The van der Waals surface area contributed by atoms with E-state index in [0.717, 1.165) is 4.52 Å². The van der Waals surface area contributed by atoms with Crippen molar-refractivity contribution in [2.24, 2.45) is 0 Å². The van der Waals surface area contributed by atoms with E-state index in [1.807, 2.05) is 0 Å². The van der Waals surface area contributed by atoms with Crippen LogP contribution in [0.15, 0.2) is 10.9 Å². The van der Waals surface area contributed by atoms with E-state index in [4.69, 9.17) is 11.1 Å². The summed E-state index contributed by atoms with van der Waals surface area (Å²) in [4.78, 5) is 14.8. The largest absolute Gasteiger partial charge is 0.368 e. The summed E-state index contributed by atoms with van der Waals surface area (Å²) in [6.45, 7) is 1.74. The standard InChI is InChI=1S/C6H7N5O/c1-3-2-4(12)11-6(8)9-5(7)10(3)11/h2H,1H3,(H3,7,8,9). The van der Waals surface area contributed by atoms with E-state index >= 15 is 0 Å². The molecule has 0 aromatic carbocycles. The van der Waals surface area contributed by atoms with Gasteiger partial charge in [0.2, 0.25) is 11.6 Å². The maximum atomic E-state index is 11.2. The van der Waals surface area contributed by atoms with Crippen LogP contribution in [-0.2, 0) is 0 Å². The Bertz CT molecular complexity index is 491. The second-order valence-corrected chi connectivity index (χ2v) is 2.54. The SMILES string of the molecule is Cc1cc(=O)n2c(=N)nc(N)n12. The van der Waals surface area contributed by atoms with E-state index in [-0.39, 0.29) is 17.1 Å². The lowest BCUT2D eigenvalue weighted by Crippen LogP contribution is -2.22. The molecule has 0 unspecified atom stereocenters. The van der Waals surface area contributed by atoms with E-state index in [9.17, 15) is 4.79 Å². The molecule has 0 aliphatic rings. The molecule has 2 aromatic heterocycles. The number of hydrogen-bond acceptors (Lipinski definition) is 4. The summed E-state index contributed by atoms with van der Waals surface area (Å²) in [5, 5.41) is 7.29. The second-order valence-electron chi connectivity index (χ2n) is 2.54. The molecule has 2 heterocycles. The molecular formula is C6H7N5O. The molecule has 0 atom stereocenters. The third-order valence-electron chi connectivity index (χ3n) is 1.71. The summed E-state index contributed by atoms with van der Waals surface area (Å²) in [5.74, 6) is 0.166. The van der Waals surface area contributed by atoms with Crippen molar-refractivity contribution in [1.82, 2.24) is 14.0 Å². The number of nitrogens with two attached hydrogens (primary N) is 1. The topological polar surface area (TPSA) is 88.6 Å². The van der Waals surface area contributed by atoms with Gasteiger partial charge in [0.1, 0.15) is 0 Å². The molecule has 0 amide bonds. The molecule has 2 rings (SSSR count). The lowest BCUT2D eigenvalue weighted by Gasteiger charge is -1.89. The molecule has 0 aliphatic heterocycles. The molecule has 0 aliphatic carbocycles. The zero-order valence-corrected chi connectivity index (χ0v) is 6.40. The van der Waals surface area contributed by atoms with Gasteiger partial charge in [0.05, 0.1) is 0 Å². The Kier molecular flexibility index (Phi) is 1.05. The summed E-state index contributed by atoms with van der Waals surface area (Å²) in [7, 11) is 0. The molecule has 0 fully saturated rings. The molecule has 0 saturated carbocycles. The Balaban J connectivity index is 3.23. The summed E-state index contributed by atoms with van der Waals surface area (Å²) in [6, 6.07) is 1.41. The lowest BCUT2D eigenvalue weighted by atomic mass is 10.5. The molecule has 2 aromatic rings. The molecule has 12 heavy (non-hydrogen) atoms. The molecule has 6 nitrogen and oxygen atoms in total. The number of fused-ring (bicyclic) bond motifs is 1. The molecule has 0 bridgehead atoms. The van der Waals surface area contributed by atoms with E-state index < -0.39 is 0 Å². The van der Waals surface area contributed by atoms with Gasteiger partial charge < -0.3 is 5.73 Å². The molecule has 0 saturated heterocycles. The zero-order valence-electron chi connectivity index (χ0n) is 6.40. The lowest BCUT2D eigenvalue weighted by molar-refractivity contribution is 0.765. The number of rotatable bonds is 0. The highest BCUT2D eigenvalue weighted by molar-refractivity contribution is 5.19. The van der Waals surface area contributed by atoms with Crippen LogP contribution in [0, 0.1) is 12.3 Å². The van der Waals surface area contributed by atoms with Crippen LogP contribution in [0.4, 0.5) is 5.95 Å². The maximum absolute atomic E-state index is 11.2. The fourth-order valence-electron chi connectivity index (χ4n) is 1.24. The van der Waals surface area contributed by atoms with Crippen LogP contribution < -0.4 is 16.9 Å². The second kappa shape index (κ2) is 1.84. The Morgan fingerprint density at radius 1 is 1.58 bits per heavy atom. The van der Waals surface area contributed by atoms with Crippen LogP contribution in [0.5, 0.6) is 0 Å². The molecule has 0 spiro atoms. The van der Waals surface area contributed by atoms with Gasteiger partial charge in [-0.1, -0.05) is 0 Å². The highest BCUT2D eigenvalue weighted by Gasteiger charge is 2.08. The van der Waals surface area contributed by atoms with Crippen LogP contribution in [0.25, 0.3) is 0 Å². The summed E-state index contributed by atoms with van der Waals surface area (Å²) < 4.78 is 2.52. The van der Waals surface area contributed by atoms with Crippen molar-refractivity contribution in [3.8, 4) is 0 Å². The smallest absolute Gasteiger partial charge is 0.274 e. The first-order valence-corrected chi connectivity index (χ1v) is 3.36. The highest BCUT2D eigenvalue weighted by Crippen LogP contribution is 1.96. The van der Waals surface area contributed by atoms with E-state index in [1.54, 1.807) is 6.92 Å². The predicted molar refractivity (Wildman–Crippen MR) is 41.1 cm³/mol. The van der Waals surface area contributed by atoms with E-state index in [0.29, 0.717) is 5.69 Å². The van der Waals surface area contributed by atoms with Crippen molar-refractivity contribution >= 4 is 5.95 Å². The first-order chi connectivity index (χ1) is 5.61. The van der Waals surface area contributed by atoms with E-state index in [2.05, 4.69) is 4.98 Å². The molecule has 6 heteroatoms. The van der Waals surface area contributed by atoms with Gasteiger partial charge in [-0.15, -0.1) is 0 Å². The Morgan fingerprint density at radius 2 is 2.25 bits per heavy atom. The average Bonchev–Trinajstić information content (AvgIpc) is 2.38. The fraction of sp³-hybridized carbons (Fsp3) is 0.167. The van der Waals surface area contributed by atoms with Crippen LogP contribution in [0.2, 0.25) is 0 Å². The van der Waals surface area contributed by atoms with Crippen molar-refractivity contribution in [3.05, 3.63) is 27.7 Å². The van der Waals surface area contributed by atoms with Crippen LogP contribution in [0.1, 0.15) is 5.69 Å².